The molecule has 4 nitrogen and oxygen atoms in total. The predicted octanol–water partition coefficient (Wildman–Crippen LogP) is 5.11. The smallest absolute Gasteiger partial charge is 0.168 e. The first-order valence-electron chi connectivity index (χ1n) is 7.12. The summed E-state index contributed by atoms with van der Waals surface area (Å²) in [5.41, 5.74) is 2.58. The average molecular weight is 366 g/mol. The maximum atomic E-state index is 5.50. The molecule has 23 heavy (non-hydrogen) atoms. The van der Waals surface area contributed by atoms with Gasteiger partial charge in [-0.3, -0.25) is 4.40 Å². The van der Waals surface area contributed by atoms with Crippen LogP contribution in [0.3, 0.4) is 0 Å². The van der Waals surface area contributed by atoms with Crippen molar-refractivity contribution in [3.8, 4) is 11.5 Å². The second-order valence-corrected chi connectivity index (χ2v) is 5.92. The minimum Gasteiger partial charge on any atom is -0.463 e. The van der Waals surface area contributed by atoms with Gasteiger partial charge in [0, 0.05) is 16.9 Å². The van der Waals surface area contributed by atoms with Crippen LogP contribution in [0.2, 0.25) is 0 Å². The van der Waals surface area contributed by atoms with E-state index in [9.17, 15) is 0 Å². The van der Waals surface area contributed by atoms with E-state index in [0.717, 1.165) is 27.2 Å². The van der Waals surface area contributed by atoms with Gasteiger partial charge in [0.25, 0.3) is 0 Å². The maximum absolute atomic E-state index is 5.50. The standard InChI is InChI=1S/C18H12BrN3O/c19-14-8-6-13(7-9-14)12-20-18-17(15-4-3-11-23-15)21-16-5-1-2-10-22(16)18/h1-12H/b20-12+. The number of imidazole rings is 1. The fraction of sp³-hybridized carbons (Fsp3) is 0. The number of hydrogen-bond donors (Lipinski definition) is 0. The monoisotopic (exact) mass is 365 g/mol. The van der Waals surface area contributed by atoms with E-state index in [0.29, 0.717) is 5.76 Å². The van der Waals surface area contributed by atoms with Crippen LogP contribution in [0, 0.1) is 0 Å². The molecule has 1 aromatic carbocycles. The largest absolute Gasteiger partial charge is 0.463 e. The zero-order chi connectivity index (χ0) is 15.6. The molecule has 0 saturated heterocycles. The third-order valence-corrected chi connectivity index (χ3v) is 3.99. The highest BCUT2D eigenvalue weighted by atomic mass is 79.9. The third-order valence-electron chi connectivity index (χ3n) is 3.47. The van der Waals surface area contributed by atoms with Crippen LogP contribution in [0.5, 0.6) is 0 Å². The Kier molecular flexibility index (Phi) is 3.55. The molecule has 0 aliphatic heterocycles. The number of furan rings is 1. The lowest BCUT2D eigenvalue weighted by atomic mass is 10.2. The van der Waals surface area contributed by atoms with Crippen molar-refractivity contribution in [2.75, 3.05) is 0 Å². The molecule has 0 unspecified atom stereocenters. The zero-order valence-corrected chi connectivity index (χ0v) is 13.6. The van der Waals surface area contributed by atoms with Crippen molar-refractivity contribution in [1.29, 1.82) is 0 Å². The van der Waals surface area contributed by atoms with Crippen molar-refractivity contribution < 1.29 is 4.42 Å². The average Bonchev–Trinajstić information content (AvgIpc) is 3.22. The molecular formula is C18H12BrN3O. The van der Waals surface area contributed by atoms with Crippen molar-refractivity contribution in [1.82, 2.24) is 9.38 Å². The molecule has 5 heteroatoms. The molecule has 3 heterocycles. The Balaban J connectivity index is 1.84. The number of benzene rings is 1. The van der Waals surface area contributed by atoms with Crippen LogP contribution in [0.25, 0.3) is 17.1 Å². The first-order chi connectivity index (χ1) is 11.3. The number of aromatic nitrogens is 2. The van der Waals surface area contributed by atoms with Gasteiger partial charge in [-0.05, 0) is 42.0 Å². The number of halogens is 1. The Hall–Kier alpha value is -2.66. The maximum Gasteiger partial charge on any atom is 0.168 e. The summed E-state index contributed by atoms with van der Waals surface area (Å²) in [6.07, 6.45) is 5.42. The van der Waals surface area contributed by atoms with Crippen LogP contribution >= 0.6 is 15.9 Å². The molecule has 4 rings (SSSR count). The summed E-state index contributed by atoms with van der Waals surface area (Å²) in [5, 5.41) is 0. The van der Waals surface area contributed by atoms with E-state index in [4.69, 9.17) is 4.42 Å². The Bertz CT molecular complexity index is 969. The second kappa shape index (κ2) is 5.85. The lowest BCUT2D eigenvalue weighted by molar-refractivity contribution is 0.580. The van der Waals surface area contributed by atoms with Gasteiger partial charge in [-0.2, -0.15) is 0 Å². The topological polar surface area (TPSA) is 42.8 Å². The molecule has 0 fully saturated rings. The number of hydrogen-bond acceptors (Lipinski definition) is 3. The summed E-state index contributed by atoms with van der Waals surface area (Å²) < 4.78 is 8.50. The SMILES string of the molecule is Brc1ccc(/C=N/c2c(-c3ccco3)nc3ccccn23)cc1. The van der Waals surface area contributed by atoms with Crippen LogP contribution in [-0.4, -0.2) is 15.6 Å². The summed E-state index contributed by atoms with van der Waals surface area (Å²) >= 11 is 3.43. The van der Waals surface area contributed by atoms with Crippen molar-refractivity contribution in [2.24, 2.45) is 4.99 Å². The van der Waals surface area contributed by atoms with Gasteiger partial charge >= 0.3 is 0 Å². The van der Waals surface area contributed by atoms with E-state index in [1.54, 1.807) is 6.26 Å². The van der Waals surface area contributed by atoms with E-state index in [-0.39, 0.29) is 0 Å². The third kappa shape index (κ3) is 2.71. The molecule has 0 atom stereocenters. The fourth-order valence-electron chi connectivity index (χ4n) is 2.37. The van der Waals surface area contributed by atoms with Gasteiger partial charge in [0.05, 0.1) is 6.26 Å². The van der Waals surface area contributed by atoms with Crippen LogP contribution in [0.4, 0.5) is 5.82 Å². The molecule has 0 N–H and O–H groups in total. The van der Waals surface area contributed by atoms with E-state index in [1.165, 1.54) is 0 Å². The summed E-state index contributed by atoms with van der Waals surface area (Å²) in [6.45, 7) is 0. The number of fused-ring (bicyclic) bond motifs is 1. The Morgan fingerprint density at radius 1 is 1.04 bits per heavy atom. The summed E-state index contributed by atoms with van der Waals surface area (Å²) in [7, 11) is 0. The highest BCUT2D eigenvalue weighted by Gasteiger charge is 2.14. The van der Waals surface area contributed by atoms with E-state index in [2.05, 4.69) is 25.9 Å². The zero-order valence-electron chi connectivity index (χ0n) is 12.1. The minimum atomic E-state index is 0.705. The van der Waals surface area contributed by atoms with Gasteiger partial charge < -0.3 is 4.42 Å². The lowest BCUT2D eigenvalue weighted by Crippen LogP contribution is -1.84. The van der Waals surface area contributed by atoms with Crippen molar-refractivity contribution in [2.45, 2.75) is 0 Å². The van der Waals surface area contributed by atoms with E-state index < -0.39 is 0 Å². The summed E-state index contributed by atoms with van der Waals surface area (Å²) in [6, 6.07) is 17.6. The Morgan fingerprint density at radius 3 is 2.70 bits per heavy atom. The predicted molar refractivity (Wildman–Crippen MR) is 94.3 cm³/mol. The van der Waals surface area contributed by atoms with E-state index in [1.807, 2.05) is 71.4 Å². The van der Waals surface area contributed by atoms with Crippen LogP contribution in [0.1, 0.15) is 5.56 Å². The first kappa shape index (κ1) is 14.0. The van der Waals surface area contributed by atoms with E-state index >= 15 is 0 Å². The first-order valence-corrected chi connectivity index (χ1v) is 7.91. The van der Waals surface area contributed by atoms with Gasteiger partial charge in [-0.1, -0.05) is 34.1 Å². The van der Waals surface area contributed by atoms with Gasteiger partial charge in [0.15, 0.2) is 17.3 Å². The second-order valence-electron chi connectivity index (χ2n) is 5.00. The van der Waals surface area contributed by atoms with Crippen molar-refractivity contribution >= 4 is 33.6 Å². The van der Waals surface area contributed by atoms with Crippen LogP contribution < -0.4 is 0 Å². The molecule has 0 bridgehead atoms. The summed E-state index contributed by atoms with van der Waals surface area (Å²) in [5.74, 6) is 1.45. The van der Waals surface area contributed by atoms with Gasteiger partial charge in [-0.25, -0.2) is 9.98 Å². The van der Waals surface area contributed by atoms with Gasteiger partial charge in [-0.15, -0.1) is 0 Å². The van der Waals surface area contributed by atoms with Crippen molar-refractivity contribution in [3.63, 3.8) is 0 Å². The highest BCUT2D eigenvalue weighted by molar-refractivity contribution is 9.10. The molecule has 0 radical (unpaired) electrons. The molecule has 0 aliphatic rings. The number of nitrogens with zero attached hydrogens (tertiary/aromatic N) is 3. The molecule has 0 saturated carbocycles. The Labute approximate surface area is 141 Å². The molecular weight excluding hydrogens is 354 g/mol. The number of rotatable bonds is 3. The quantitative estimate of drug-likeness (QED) is 0.473. The minimum absolute atomic E-state index is 0.705. The number of pyridine rings is 1. The fourth-order valence-corrected chi connectivity index (χ4v) is 2.63. The number of aliphatic imine (C=N–C) groups is 1. The molecule has 0 amide bonds. The normalized spacial score (nSPS) is 11.5. The van der Waals surface area contributed by atoms with Gasteiger partial charge in [0.2, 0.25) is 0 Å². The summed E-state index contributed by atoms with van der Waals surface area (Å²) in [4.78, 5) is 9.28. The Morgan fingerprint density at radius 2 is 1.91 bits per heavy atom. The lowest BCUT2D eigenvalue weighted by Gasteiger charge is -1.98. The van der Waals surface area contributed by atoms with Crippen LogP contribution in [0.15, 0.2) is 80.9 Å². The van der Waals surface area contributed by atoms with Crippen molar-refractivity contribution in [3.05, 3.63) is 77.1 Å². The molecule has 0 aliphatic carbocycles. The van der Waals surface area contributed by atoms with Gasteiger partial charge in [0.1, 0.15) is 5.65 Å². The van der Waals surface area contributed by atoms with Crippen LogP contribution in [-0.2, 0) is 0 Å². The molecule has 4 aromatic rings. The molecule has 3 aromatic heterocycles. The molecule has 112 valence electrons. The molecule has 0 spiro atoms. The highest BCUT2D eigenvalue weighted by Crippen LogP contribution is 2.31.